The first-order chi connectivity index (χ1) is 13.0. The maximum atomic E-state index is 13.1. The van der Waals surface area contributed by atoms with Crippen molar-refractivity contribution in [2.45, 2.75) is 19.4 Å². The molecule has 0 aliphatic carbocycles. The fraction of sp³-hybridized carbons (Fsp3) is 0.333. The molecule has 27 heavy (non-hydrogen) atoms. The average Bonchev–Trinajstić information content (AvgIpc) is 2.97. The Labute approximate surface area is 158 Å². The van der Waals surface area contributed by atoms with Crippen molar-refractivity contribution in [1.82, 2.24) is 4.90 Å². The van der Waals surface area contributed by atoms with Crippen LogP contribution in [0.2, 0.25) is 0 Å². The number of aryl methyl sites for hydroxylation is 1. The van der Waals surface area contributed by atoms with Gasteiger partial charge in [-0.2, -0.15) is 0 Å². The van der Waals surface area contributed by atoms with Gasteiger partial charge in [0.25, 0.3) is 5.91 Å². The summed E-state index contributed by atoms with van der Waals surface area (Å²) in [6, 6.07) is 13.5. The smallest absolute Gasteiger partial charge is 0.251 e. The quantitative estimate of drug-likeness (QED) is 0.783. The highest BCUT2D eigenvalue weighted by molar-refractivity contribution is 6.22. The number of piperazine rings is 1. The minimum absolute atomic E-state index is 0.138. The molecule has 2 aliphatic heterocycles. The van der Waals surface area contributed by atoms with E-state index >= 15 is 0 Å². The summed E-state index contributed by atoms with van der Waals surface area (Å²) in [5, 5.41) is 0. The zero-order chi connectivity index (χ0) is 19.0. The van der Waals surface area contributed by atoms with Crippen molar-refractivity contribution in [2.24, 2.45) is 0 Å². The summed E-state index contributed by atoms with van der Waals surface area (Å²) in [4.78, 5) is 31.0. The van der Waals surface area contributed by atoms with Crippen molar-refractivity contribution < 1.29 is 14.0 Å². The van der Waals surface area contributed by atoms with Gasteiger partial charge in [0.05, 0.1) is 18.2 Å². The standard InChI is InChI=1S/C21H22FN3O2/c1-15-3-2-4-18(13-15)25-20(26)14-19(21(25)27)24-11-9-23(10-12-24)17-7-5-16(22)6-8-17/h2-8,13,19H,9-12,14H2,1H3/t19-/m0/s1. The lowest BCUT2D eigenvalue weighted by molar-refractivity contribution is -0.123. The molecule has 0 bridgehead atoms. The summed E-state index contributed by atoms with van der Waals surface area (Å²) in [6.07, 6.45) is 0.226. The SMILES string of the molecule is Cc1cccc(N2C(=O)C[C@H](N3CCN(c4ccc(F)cc4)CC3)C2=O)c1. The number of anilines is 2. The van der Waals surface area contributed by atoms with Crippen LogP contribution < -0.4 is 9.80 Å². The highest BCUT2D eigenvalue weighted by Crippen LogP contribution is 2.27. The van der Waals surface area contributed by atoms with Crippen molar-refractivity contribution in [2.75, 3.05) is 36.0 Å². The largest absolute Gasteiger partial charge is 0.369 e. The van der Waals surface area contributed by atoms with E-state index in [2.05, 4.69) is 9.80 Å². The van der Waals surface area contributed by atoms with Gasteiger partial charge in [-0.15, -0.1) is 0 Å². The molecule has 0 aromatic heterocycles. The maximum absolute atomic E-state index is 13.1. The van der Waals surface area contributed by atoms with E-state index in [9.17, 15) is 14.0 Å². The van der Waals surface area contributed by atoms with Crippen molar-refractivity contribution in [3.05, 3.63) is 59.9 Å². The van der Waals surface area contributed by atoms with Crippen LogP contribution in [-0.4, -0.2) is 48.9 Å². The van der Waals surface area contributed by atoms with E-state index in [0.29, 0.717) is 18.8 Å². The van der Waals surface area contributed by atoms with Crippen LogP contribution in [-0.2, 0) is 9.59 Å². The molecule has 0 unspecified atom stereocenters. The molecule has 2 aromatic carbocycles. The Bertz CT molecular complexity index is 860. The predicted molar refractivity (Wildman–Crippen MR) is 102 cm³/mol. The second kappa shape index (κ2) is 7.12. The number of carbonyl (C=O) groups excluding carboxylic acids is 2. The van der Waals surface area contributed by atoms with Gasteiger partial charge >= 0.3 is 0 Å². The van der Waals surface area contributed by atoms with Crippen LogP contribution in [0.4, 0.5) is 15.8 Å². The second-order valence-corrected chi connectivity index (χ2v) is 7.13. The number of amides is 2. The Balaban J connectivity index is 1.44. The maximum Gasteiger partial charge on any atom is 0.251 e. The molecule has 2 fully saturated rings. The van der Waals surface area contributed by atoms with Gasteiger partial charge in [0.15, 0.2) is 0 Å². The highest BCUT2D eigenvalue weighted by Gasteiger charge is 2.43. The zero-order valence-corrected chi connectivity index (χ0v) is 15.3. The summed E-state index contributed by atoms with van der Waals surface area (Å²) in [7, 11) is 0. The molecular formula is C21H22FN3O2. The molecule has 5 nitrogen and oxygen atoms in total. The monoisotopic (exact) mass is 367 g/mol. The molecule has 2 aliphatic rings. The van der Waals surface area contributed by atoms with E-state index in [1.54, 1.807) is 18.2 Å². The minimum atomic E-state index is -0.395. The van der Waals surface area contributed by atoms with E-state index in [4.69, 9.17) is 0 Å². The van der Waals surface area contributed by atoms with Crippen LogP contribution in [0.1, 0.15) is 12.0 Å². The molecule has 4 rings (SSSR count). The van der Waals surface area contributed by atoms with Gasteiger partial charge in [-0.25, -0.2) is 9.29 Å². The van der Waals surface area contributed by atoms with Gasteiger partial charge in [0, 0.05) is 31.9 Å². The van der Waals surface area contributed by atoms with Gasteiger partial charge in [0.2, 0.25) is 5.91 Å². The number of hydrogen-bond donors (Lipinski definition) is 0. The van der Waals surface area contributed by atoms with Crippen molar-refractivity contribution in [1.29, 1.82) is 0 Å². The van der Waals surface area contributed by atoms with Crippen molar-refractivity contribution in [3.8, 4) is 0 Å². The predicted octanol–water partition coefficient (Wildman–Crippen LogP) is 2.59. The van der Waals surface area contributed by atoms with Crippen molar-refractivity contribution >= 4 is 23.2 Å². The van der Waals surface area contributed by atoms with Gasteiger partial charge in [-0.05, 0) is 48.9 Å². The summed E-state index contributed by atoms with van der Waals surface area (Å²) in [6.45, 7) is 4.83. The van der Waals surface area contributed by atoms with Crippen LogP contribution in [0.25, 0.3) is 0 Å². The second-order valence-electron chi connectivity index (χ2n) is 7.13. The van der Waals surface area contributed by atoms with E-state index < -0.39 is 6.04 Å². The molecule has 2 saturated heterocycles. The van der Waals surface area contributed by atoms with Crippen LogP contribution in [0.3, 0.4) is 0 Å². The lowest BCUT2D eigenvalue weighted by Gasteiger charge is -2.38. The van der Waals surface area contributed by atoms with Crippen LogP contribution in [0, 0.1) is 12.7 Å². The zero-order valence-electron chi connectivity index (χ0n) is 15.3. The summed E-state index contributed by atoms with van der Waals surface area (Å²) in [5.41, 5.74) is 2.65. The summed E-state index contributed by atoms with van der Waals surface area (Å²) < 4.78 is 13.1. The van der Waals surface area contributed by atoms with E-state index in [1.807, 2.05) is 25.1 Å². The molecule has 1 atom stereocenters. The van der Waals surface area contributed by atoms with Crippen LogP contribution in [0.5, 0.6) is 0 Å². The summed E-state index contributed by atoms with van der Waals surface area (Å²) in [5.74, 6) is -0.527. The highest BCUT2D eigenvalue weighted by atomic mass is 19.1. The molecule has 0 N–H and O–H groups in total. The normalized spacial score (nSPS) is 21.2. The molecule has 2 heterocycles. The number of benzene rings is 2. The molecule has 2 aromatic rings. The number of halogens is 1. The van der Waals surface area contributed by atoms with Crippen LogP contribution >= 0.6 is 0 Å². The molecular weight excluding hydrogens is 345 g/mol. The fourth-order valence-electron chi connectivity index (χ4n) is 3.88. The van der Waals surface area contributed by atoms with Gasteiger partial charge in [-0.3, -0.25) is 14.5 Å². The minimum Gasteiger partial charge on any atom is -0.369 e. The van der Waals surface area contributed by atoms with E-state index in [0.717, 1.165) is 24.3 Å². The lowest BCUT2D eigenvalue weighted by atomic mass is 10.1. The number of carbonyl (C=O) groups is 2. The topological polar surface area (TPSA) is 43.9 Å². The van der Waals surface area contributed by atoms with Gasteiger partial charge in [-0.1, -0.05) is 12.1 Å². The number of rotatable bonds is 3. The Kier molecular flexibility index (Phi) is 4.66. The molecule has 6 heteroatoms. The summed E-state index contributed by atoms with van der Waals surface area (Å²) >= 11 is 0. The third kappa shape index (κ3) is 3.45. The first-order valence-electron chi connectivity index (χ1n) is 9.21. The number of hydrogen-bond acceptors (Lipinski definition) is 4. The molecule has 2 amide bonds. The third-order valence-corrected chi connectivity index (χ3v) is 5.33. The Morgan fingerprint density at radius 3 is 2.30 bits per heavy atom. The number of nitrogens with zero attached hydrogens (tertiary/aromatic N) is 3. The van der Waals surface area contributed by atoms with Crippen molar-refractivity contribution in [3.63, 3.8) is 0 Å². The van der Waals surface area contributed by atoms with E-state index in [-0.39, 0.29) is 24.1 Å². The Morgan fingerprint density at radius 1 is 0.926 bits per heavy atom. The van der Waals surface area contributed by atoms with E-state index in [1.165, 1.54) is 17.0 Å². The average molecular weight is 367 g/mol. The lowest BCUT2D eigenvalue weighted by Crippen LogP contribution is -2.52. The molecule has 0 radical (unpaired) electrons. The first-order valence-corrected chi connectivity index (χ1v) is 9.21. The Hall–Kier alpha value is -2.73. The molecule has 0 spiro atoms. The van der Waals surface area contributed by atoms with Gasteiger partial charge in [0.1, 0.15) is 5.82 Å². The Morgan fingerprint density at radius 2 is 1.63 bits per heavy atom. The fourth-order valence-corrected chi connectivity index (χ4v) is 3.88. The first kappa shape index (κ1) is 17.7. The molecule has 0 saturated carbocycles. The van der Waals surface area contributed by atoms with Gasteiger partial charge < -0.3 is 4.90 Å². The third-order valence-electron chi connectivity index (χ3n) is 5.33. The van der Waals surface area contributed by atoms with Crippen LogP contribution in [0.15, 0.2) is 48.5 Å². The molecule has 140 valence electrons. The number of imide groups is 1.